The van der Waals surface area contributed by atoms with E-state index in [9.17, 15) is 13.2 Å². The maximum absolute atomic E-state index is 12.7. The minimum Gasteiger partial charge on any atom is -0.348 e. The van der Waals surface area contributed by atoms with Gasteiger partial charge in [-0.2, -0.15) is 13.2 Å². The van der Waals surface area contributed by atoms with Crippen molar-refractivity contribution in [1.29, 1.82) is 0 Å². The van der Waals surface area contributed by atoms with Gasteiger partial charge in [0.25, 0.3) is 0 Å². The molecule has 1 saturated heterocycles. The van der Waals surface area contributed by atoms with Crippen LogP contribution >= 0.6 is 0 Å². The highest BCUT2D eigenvalue weighted by molar-refractivity contribution is 5.54. The van der Waals surface area contributed by atoms with Crippen LogP contribution in [0.3, 0.4) is 0 Å². The molecule has 2 aliphatic rings. The van der Waals surface area contributed by atoms with Crippen molar-refractivity contribution >= 4 is 6.08 Å². The molecule has 0 unspecified atom stereocenters. The Morgan fingerprint density at radius 1 is 1.05 bits per heavy atom. The molecule has 3 rings (SSSR count). The van der Waals surface area contributed by atoms with Crippen LogP contribution in [-0.2, 0) is 15.7 Å². The lowest BCUT2D eigenvalue weighted by molar-refractivity contribution is -0.171. The van der Waals surface area contributed by atoms with Crippen molar-refractivity contribution in [1.82, 2.24) is 0 Å². The monoisotopic (exact) mass is 298 g/mol. The van der Waals surface area contributed by atoms with E-state index >= 15 is 0 Å². The molecular formula is C16H17F3O2. The Morgan fingerprint density at radius 2 is 1.71 bits per heavy atom. The van der Waals surface area contributed by atoms with Gasteiger partial charge in [-0.1, -0.05) is 23.8 Å². The van der Waals surface area contributed by atoms with Crippen LogP contribution in [0.4, 0.5) is 13.2 Å². The third kappa shape index (κ3) is 3.30. The number of benzene rings is 1. The van der Waals surface area contributed by atoms with Crippen LogP contribution in [-0.4, -0.2) is 19.0 Å². The first kappa shape index (κ1) is 14.6. The molecule has 1 aromatic carbocycles. The Labute approximate surface area is 121 Å². The first-order chi connectivity index (χ1) is 9.97. The van der Waals surface area contributed by atoms with Crippen molar-refractivity contribution in [2.45, 2.75) is 37.6 Å². The molecule has 21 heavy (non-hydrogen) atoms. The Bertz CT molecular complexity index is 531. The molecule has 0 N–H and O–H groups in total. The van der Waals surface area contributed by atoms with Crippen molar-refractivity contribution in [3.05, 3.63) is 41.0 Å². The molecular weight excluding hydrogens is 281 g/mol. The van der Waals surface area contributed by atoms with E-state index in [1.165, 1.54) is 12.1 Å². The number of hydrogen-bond donors (Lipinski definition) is 0. The van der Waals surface area contributed by atoms with Crippen LogP contribution in [0.2, 0.25) is 0 Å². The summed E-state index contributed by atoms with van der Waals surface area (Å²) in [6, 6.07) is 5.44. The van der Waals surface area contributed by atoms with E-state index in [1.54, 1.807) is 6.07 Å². The summed E-state index contributed by atoms with van der Waals surface area (Å²) in [7, 11) is 0. The van der Waals surface area contributed by atoms with E-state index in [0.29, 0.717) is 18.8 Å². The normalized spacial score (nSPS) is 21.8. The molecule has 0 atom stereocenters. The fraction of sp³-hybridized carbons (Fsp3) is 0.500. The SMILES string of the molecule is FC(F)(F)c1cccc(C=C2CCC3(CC2)OCCO3)c1. The standard InChI is InChI=1S/C16H17F3O2/c17-16(18,19)14-3-1-2-13(11-14)10-12-4-6-15(7-5-12)20-8-9-21-15/h1-3,10-11H,4-9H2. The molecule has 1 heterocycles. The molecule has 1 saturated carbocycles. The molecule has 5 heteroatoms. The Morgan fingerprint density at radius 3 is 2.33 bits per heavy atom. The smallest absolute Gasteiger partial charge is 0.348 e. The lowest BCUT2D eigenvalue weighted by Gasteiger charge is -2.32. The molecule has 1 aromatic rings. The average Bonchev–Trinajstić information content (AvgIpc) is 2.90. The van der Waals surface area contributed by atoms with Crippen molar-refractivity contribution in [3.63, 3.8) is 0 Å². The van der Waals surface area contributed by atoms with Crippen LogP contribution in [0.15, 0.2) is 29.8 Å². The highest BCUT2D eigenvalue weighted by atomic mass is 19.4. The van der Waals surface area contributed by atoms with Crippen molar-refractivity contribution in [2.24, 2.45) is 0 Å². The van der Waals surface area contributed by atoms with Gasteiger partial charge in [0.2, 0.25) is 0 Å². The first-order valence-electron chi connectivity index (χ1n) is 7.12. The summed E-state index contributed by atoms with van der Waals surface area (Å²) < 4.78 is 49.4. The molecule has 114 valence electrons. The van der Waals surface area contributed by atoms with Gasteiger partial charge in [0.15, 0.2) is 5.79 Å². The number of allylic oxidation sites excluding steroid dienone is 1. The minimum absolute atomic E-state index is 0.439. The lowest BCUT2D eigenvalue weighted by Crippen LogP contribution is -2.33. The number of alkyl halides is 3. The van der Waals surface area contributed by atoms with E-state index in [0.717, 1.165) is 37.3 Å². The fourth-order valence-corrected chi connectivity index (χ4v) is 2.92. The third-order valence-electron chi connectivity index (χ3n) is 4.05. The lowest BCUT2D eigenvalue weighted by atomic mass is 9.88. The summed E-state index contributed by atoms with van der Waals surface area (Å²) >= 11 is 0. The van der Waals surface area contributed by atoms with Gasteiger partial charge >= 0.3 is 6.18 Å². The second-order valence-corrected chi connectivity index (χ2v) is 5.53. The van der Waals surface area contributed by atoms with E-state index in [2.05, 4.69) is 0 Å². The van der Waals surface area contributed by atoms with Gasteiger partial charge in [-0.05, 0) is 30.5 Å². The summed E-state index contributed by atoms with van der Waals surface area (Å²) in [6.45, 7) is 1.26. The molecule has 2 nitrogen and oxygen atoms in total. The Kier molecular flexibility index (Phi) is 3.80. The maximum atomic E-state index is 12.7. The zero-order chi connectivity index (χ0) is 14.9. The summed E-state index contributed by atoms with van der Waals surface area (Å²) in [4.78, 5) is 0. The van der Waals surface area contributed by atoms with Gasteiger partial charge in [-0.25, -0.2) is 0 Å². The number of halogens is 3. The summed E-state index contributed by atoms with van der Waals surface area (Å²) in [5, 5.41) is 0. The molecule has 1 spiro atoms. The van der Waals surface area contributed by atoms with Crippen molar-refractivity contribution in [3.8, 4) is 0 Å². The van der Waals surface area contributed by atoms with Crippen LogP contribution in [0.25, 0.3) is 6.08 Å². The highest BCUT2D eigenvalue weighted by Gasteiger charge is 2.38. The van der Waals surface area contributed by atoms with Gasteiger partial charge in [-0.15, -0.1) is 0 Å². The highest BCUT2D eigenvalue weighted by Crippen LogP contribution is 2.38. The maximum Gasteiger partial charge on any atom is 0.416 e. The predicted octanol–water partition coefficient (Wildman–Crippen LogP) is 4.41. The second kappa shape index (κ2) is 5.46. The predicted molar refractivity (Wildman–Crippen MR) is 72.5 cm³/mol. The number of hydrogen-bond acceptors (Lipinski definition) is 2. The quantitative estimate of drug-likeness (QED) is 0.765. The van der Waals surface area contributed by atoms with E-state index in [1.807, 2.05) is 6.08 Å². The van der Waals surface area contributed by atoms with Gasteiger partial charge < -0.3 is 9.47 Å². The molecule has 0 radical (unpaired) electrons. The zero-order valence-electron chi connectivity index (χ0n) is 11.6. The topological polar surface area (TPSA) is 18.5 Å². The molecule has 1 aliphatic carbocycles. The van der Waals surface area contributed by atoms with Gasteiger partial charge in [-0.3, -0.25) is 0 Å². The molecule has 0 amide bonds. The van der Waals surface area contributed by atoms with Gasteiger partial charge in [0.1, 0.15) is 0 Å². The molecule has 0 aromatic heterocycles. The van der Waals surface area contributed by atoms with E-state index in [-0.39, 0.29) is 0 Å². The average molecular weight is 298 g/mol. The minimum atomic E-state index is -4.29. The first-order valence-corrected chi connectivity index (χ1v) is 7.12. The number of ether oxygens (including phenoxy) is 2. The van der Waals surface area contributed by atoms with Gasteiger partial charge in [0, 0.05) is 12.8 Å². The fourth-order valence-electron chi connectivity index (χ4n) is 2.92. The van der Waals surface area contributed by atoms with Crippen LogP contribution in [0.1, 0.15) is 36.8 Å². The summed E-state index contributed by atoms with van der Waals surface area (Å²) in [5.41, 5.74) is 1.15. The Hall–Kier alpha value is -1.33. The number of rotatable bonds is 1. The van der Waals surface area contributed by atoms with Crippen LogP contribution in [0, 0.1) is 0 Å². The summed E-state index contributed by atoms with van der Waals surface area (Å²) in [5.74, 6) is -0.439. The van der Waals surface area contributed by atoms with E-state index < -0.39 is 17.5 Å². The molecule has 0 bridgehead atoms. The largest absolute Gasteiger partial charge is 0.416 e. The molecule has 2 fully saturated rings. The summed E-state index contributed by atoms with van der Waals surface area (Å²) in [6.07, 6.45) is 0.718. The van der Waals surface area contributed by atoms with Crippen LogP contribution in [0.5, 0.6) is 0 Å². The second-order valence-electron chi connectivity index (χ2n) is 5.53. The zero-order valence-corrected chi connectivity index (χ0v) is 11.6. The van der Waals surface area contributed by atoms with E-state index in [4.69, 9.17) is 9.47 Å². The van der Waals surface area contributed by atoms with Crippen molar-refractivity contribution in [2.75, 3.05) is 13.2 Å². The third-order valence-corrected chi connectivity index (χ3v) is 4.05. The van der Waals surface area contributed by atoms with Crippen LogP contribution < -0.4 is 0 Å². The Balaban J connectivity index is 1.71. The molecule has 1 aliphatic heterocycles. The van der Waals surface area contributed by atoms with Crippen molar-refractivity contribution < 1.29 is 22.6 Å². The van der Waals surface area contributed by atoms with Gasteiger partial charge in [0.05, 0.1) is 18.8 Å².